The Morgan fingerprint density at radius 1 is 0.793 bits per heavy atom. The molecule has 0 radical (unpaired) electrons. The number of carbonyl (C=O) groups is 1. The molecule has 1 amide bonds. The number of rotatable bonds is 4. The van der Waals surface area contributed by atoms with Crippen molar-refractivity contribution < 1.29 is 23.7 Å². The van der Waals surface area contributed by atoms with Crippen LogP contribution < -0.4 is 24.3 Å². The molecule has 0 unspecified atom stereocenters. The van der Waals surface area contributed by atoms with Crippen molar-refractivity contribution in [2.75, 3.05) is 33.0 Å². The van der Waals surface area contributed by atoms with Gasteiger partial charge in [0, 0.05) is 17.5 Å². The van der Waals surface area contributed by atoms with Gasteiger partial charge in [-0.2, -0.15) is 0 Å². The Morgan fingerprint density at radius 2 is 1.38 bits per heavy atom. The molecule has 2 aromatic rings. The molecule has 1 fully saturated rings. The van der Waals surface area contributed by atoms with Gasteiger partial charge >= 0.3 is 0 Å². The minimum absolute atomic E-state index is 0.0701. The number of fused-ring (bicyclic) bond motifs is 2. The lowest BCUT2D eigenvalue weighted by Crippen LogP contribution is -2.39. The lowest BCUT2D eigenvalue weighted by atomic mass is 9.78. The minimum atomic E-state index is -0.0919. The topological polar surface area (TPSA) is 66.0 Å². The molecule has 152 valence electrons. The molecule has 0 spiro atoms. The first-order chi connectivity index (χ1) is 14.2. The third-order valence-electron chi connectivity index (χ3n) is 6.11. The van der Waals surface area contributed by atoms with Crippen molar-refractivity contribution in [2.24, 2.45) is 0 Å². The van der Waals surface area contributed by atoms with Crippen molar-refractivity contribution in [1.29, 1.82) is 0 Å². The minimum Gasteiger partial charge on any atom is -0.486 e. The van der Waals surface area contributed by atoms with Crippen LogP contribution in [0.15, 0.2) is 36.4 Å². The maximum Gasteiger partial charge on any atom is 0.251 e. The van der Waals surface area contributed by atoms with Gasteiger partial charge in [-0.3, -0.25) is 4.79 Å². The Labute approximate surface area is 170 Å². The van der Waals surface area contributed by atoms with Gasteiger partial charge in [0.05, 0.1) is 0 Å². The highest BCUT2D eigenvalue weighted by Crippen LogP contribution is 2.44. The van der Waals surface area contributed by atoms with E-state index in [2.05, 4.69) is 17.4 Å². The SMILES string of the molecule is O=C(NCC1(c2ccc3c(c2)OCCO3)CCCC1)c1ccc2c(c1)OCCO2. The van der Waals surface area contributed by atoms with Crippen LogP contribution in [0.2, 0.25) is 0 Å². The van der Waals surface area contributed by atoms with Crippen molar-refractivity contribution in [3.8, 4) is 23.0 Å². The fourth-order valence-electron chi connectivity index (χ4n) is 4.53. The lowest BCUT2D eigenvalue weighted by Gasteiger charge is -2.31. The largest absolute Gasteiger partial charge is 0.486 e. The van der Waals surface area contributed by atoms with Crippen LogP contribution in [0.5, 0.6) is 23.0 Å². The van der Waals surface area contributed by atoms with Crippen LogP contribution in [-0.2, 0) is 5.41 Å². The number of hydrogen-bond donors (Lipinski definition) is 1. The van der Waals surface area contributed by atoms with Crippen LogP contribution in [0.4, 0.5) is 0 Å². The van der Waals surface area contributed by atoms with E-state index in [1.807, 2.05) is 6.07 Å². The van der Waals surface area contributed by atoms with Gasteiger partial charge in [0.25, 0.3) is 5.91 Å². The van der Waals surface area contributed by atoms with Crippen molar-refractivity contribution >= 4 is 5.91 Å². The summed E-state index contributed by atoms with van der Waals surface area (Å²) in [4.78, 5) is 12.8. The standard InChI is InChI=1S/C23H25NO5/c25-22(16-3-5-18-20(13-16)28-11-9-26-18)24-15-23(7-1-2-8-23)17-4-6-19-21(14-17)29-12-10-27-19/h3-6,13-14H,1-2,7-12,15H2,(H,24,25). The number of nitrogens with one attached hydrogen (secondary N) is 1. The van der Waals surface area contributed by atoms with E-state index in [4.69, 9.17) is 18.9 Å². The molecule has 0 aromatic heterocycles. The molecule has 1 saturated carbocycles. The molecule has 1 aliphatic carbocycles. The van der Waals surface area contributed by atoms with E-state index in [0.29, 0.717) is 50.0 Å². The molecule has 2 aliphatic heterocycles. The summed E-state index contributed by atoms with van der Waals surface area (Å²) in [5.41, 5.74) is 1.73. The summed E-state index contributed by atoms with van der Waals surface area (Å²) >= 11 is 0. The van der Waals surface area contributed by atoms with Gasteiger partial charge in [0.2, 0.25) is 0 Å². The van der Waals surface area contributed by atoms with Gasteiger partial charge in [-0.05, 0) is 48.7 Å². The van der Waals surface area contributed by atoms with Gasteiger partial charge in [-0.1, -0.05) is 18.9 Å². The van der Waals surface area contributed by atoms with E-state index in [9.17, 15) is 4.79 Å². The number of benzene rings is 2. The van der Waals surface area contributed by atoms with E-state index in [1.165, 1.54) is 5.56 Å². The second-order valence-electron chi connectivity index (χ2n) is 7.89. The first-order valence-electron chi connectivity index (χ1n) is 10.3. The molecule has 0 bridgehead atoms. The third-order valence-corrected chi connectivity index (χ3v) is 6.11. The fourth-order valence-corrected chi connectivity index (χ4v) is 4.53. The third kappa shape index (κ3) is 3.48. The Balaban J connectivity index is 1.34. The van der Waals surface area contributed by atoms with Gasteiger partial charge in [-0.15, -0.1) is 0 Å². The summed E-state index contributed by atoms with van der Waals surface area (Å²) in [6.07, 6.45) is 4.42. The highest BCUT2D eigenvalue weighted by Gasteiger charge is 2.37. The second-order valence-corrected chi connectivity index (χ2v) is 7.89. The Hall–Kier alpha value is -2.89. The monoisotopic (exact) mass is 395 g/mol. The predicted molar refractivity (Wildman–Crippen MR) is 107 cm³/mol. The smallest absolute Gasteiger partial charge is 0.251 e. The zero-order valence-corrected chi connectivity index (χ0v) is 16.4. The van der Waals surface area contributed by atoms with E-state index in [1.54, 1.807) is 18.2 Å². The number of ether oxygens (including phenoxy) is 4. The van der Waals surface area contributed by atoms with E-state index >= 15 is 0 Å². The second kappa shape index (κ2) is 7.50. The highest BCUT2D eigenvalue weighted by molar-refractivity contribution is 5.95. The number of carbonyl (C=O) groups excluding carboxylic acids is 1. The van der Waals surface area contributed by atoms with Crippen molar-refractivity contribution in [3.05, 3.63) is 47.5 Å². The van der Waals surface area contributed by atoms with Crippen LogP contribution in [0.1, 0.15) is 41.6 Å². The van der Waals surface area contributed by atoms with Crippen LogP contribution in [0.3, 0.4) is 0 Å². The van der Waals surface area contributed by atoms with Crippen molar-refractivity contribution in [3.63, 3.8) is 0 Å². The first-order valence-corrected chi connectivity index (χ1v) is 10.3. The number of amides is 1. The van der Waals surface area contributed by atoms with Crippen LogP contribution >= 0.6 is 0 Å². The average Bonchev–Trinajstić information content (AvgIpc) is 3.27. The van der Waals surface area contributed by atoms with Crippen LogP contribution in [0, 0.1) is 0 Å². The molecule has 2 heterocycles. The van der Waals surface area contributed by atoms with Crippen molar-refractivity contribution in [1.82, 2.24) is 5.32 Å². The number of hydrogen-bond acceptors (Lipinski definition) is 5. The predicted octanol–water partition coefficient (Wildman–Crippen LogP) is 3.47. The van der Waals surface area contributed by atoms with Gasteiger partial charge in [0.1, 0.15) is 26.4 Å². The fraction of sp³-hybridized carbons (Fsp3) is 0.435. The molecular weight excluding hydrogens is 370 g/mol. The normalized spacial score (nSPS) is 18.9. The maximum atomic E-state index is 12.8. The molecule has 5 rings (SSSR count). The average molecular weight is 395 g/mol. The molecule has 0 atom stereocenters. The van der Waals surface area contributed by atoms with E-state index < -0.39 is 0 Å². The summed E-state index contributed by atoms with van der Waals surface area (Å²) in [5, 5.41) is 3.16. The Bertz CT molecular complexity index is 919. The molecule has 29 heavy (non-hydrogen) atoms. The Morgan fingerprint density at radius 3 is 2.07 bits per heavy atom. The summed E-state index contributed by atoms with van der Waals surface area (Å²) in [6, 6.07) is 11.6. The quantitative estimate of drug-likeness (QED) is 0.859. The van der Waals surface area contributed by atoms with E-state index in [0.717, 1.165) is 37.2 Å². The lowest BCUT2D eigenvalue weighted by molar-refractivity contribution is 0.0941. The molecule has 1 N–H and O–H groups in total. The molecule has 2 aromatic carbocycles. The molecule has 6 nitrogen and oxygen atoms in total. The molecular formula is C23H25NO5. The van der Waals surface area contributed by atoms with Crippen molar-refractivity contribution in [2.45, 2.75) is 31.1 Å². The van der Waals surface area contributed by atoms with E-state index in [-0.39, 0.29) is 11.3 Å². The molecule has 3 aliphatic rings. The van der Waals surface area contributed by atoms with Gasteiger partial charge in [-0.25, -0.2) is 0 Å². The zero-order valence-electron chi connectivity index (χ0n) is 16.4. The summed E-state index contributed by atoms with van der Waals surface area (Å²) < 4.78 is 22.6. The Kier molecular flexibility index (Phi) is 4.70. The summed E-state index contributed by atoms with van der Waals surface area (Å²) in [7, 11) is 0. The highest BCUT2D eigenvalue weighted by atomic mass is 16.6. The first kappa shape index (κ1) is 18.2. The summed E-state index contributed by atoms with van der Waals surface area (Å²) in [5.74, 6) is 2.83. The van der Waals surface area contributed by atoms with Gasteiger partial charge in [0.15, 0.2) is 23.0 Å². The zero-order chi connectivity index (χ0) is 19.7. The maximum absolute atomic E-state index is 12.8. The molecule has 6 heteroatoms. The molecule has 0 saturated heterocycles. The van der Waals surface area contributed by atoms with Gasteiger partial charge < -0.3 is 24.3 Å². The summed E-state index contributed by atoms with van der Waals surface area (Å²) in [6.45, 7) is 2.80. The van der Waals surface area contributed by atoms with Crippen LogP contribution in [-0.4, -0.2) is 38.9 Å². The van der Waals surface area contributed by atoms with Crippen LogP contribution in [0.25, 0.3) is 0 Å².